The maximum atomic E-state index is 13.2. The second kappa shape index (κ2) is 12.8. The average molecular weight is 609 g/mol. The monoisotopic (exact) mass is 608 g/mol. The van der Waals surface area contributed by atoms with Crippen LogP contribution in [0.5, 0.6) is 17.2 Å². The number of hydrogen-bond acceptors (Lipinski definition) is 7. The highest BCUT2D eigenvalue weighted by molar-refractivity contribution is 6.39. The molecule has 0 saturated carbocycles. The van der Waals surface area contributed by atoms with Gasteiger partial charge in [-0.2, -0.15) is 0 Å². The summed E-state index contributed by atoms with van der Waals surface area (Å²) in [6.07, 6.45) is 2.27. The number of phenolic OH excluding ortho intramolecular Hbond substituents is 1. The van der Waals surface area contributed by atoms with Crippen molar-refractivity contribution in [2.75, 3.05) is 17.6 Å². The van der Waals surface area contributed by atoms with Crippen molar-refractivity contribution in [3.63, 3.8) is 0 Å². The first-order chi connectivity index (χ1) is 20.3. The molecule has 0 saturated heterocycles. The Labute approximate surface area is 256 Å². The summed E-state index contributed by atoms with van der Waals surface area (Å²) in [5, 5.41) is 10.4. The third-order valence-corrected chi connectivity index (χ3v) is 8.02. The molecule has 1 unspecified atom stereocenters. The number of ether oxygens (including phenoxy) is 3. The molecular weight excluding hydrogens is 572 g/mol. The maximum absolute atomic E-state index is 13.2. The molecule has 5 N–H and O–H groups in total. The summed E-state index contributed by atoms with van der Waals surface area (Å²) >= 11 is 6.41. The van der Waals surface area contributed by atoms with Crippen molar-refractivity contribution in [3.8, 4) is 17.2 Å². The van der Waals surface area contributed by atoms with Crippen molar-refractivity contribution in [3.05, 3.63) is 75.8 Å². The molecule has 1 atom stereocenters. The van der Waals surface area contributed by atoms with E-state index in [-0.39, 0.29) is 29.4 Å². The summed E-state index contributed by atoms with van der Waals surface area (Å²) in [5.41, 5.74) is 15.1. The van der Waals surface area contributed by atoms with Crippen LogP contribution in [-0.2, 0) is 11.2 Å². The van der Waals surface area contributed by atoms with Crippen LogP contribution in [0.3, 0.4) is 0 Å². The smallest absolute Gasteiger partial charge is 0.338 e. The number of carbonyl (C=O) groups excluding carboxylic acids is 2. The van der Waals surface area contributed by atoms with Crippen LogP contribution in [0.15, 0.2) is 47.5 Å². The normalized spacial score (nSPS) is 15.6. The molecule has 11 heteroatoms. The number of nitrogens with two attached hydrogens (primary N) is 2. The predicted molar refractivity (Wildman–Crippen MR) is 167 cm³/mol. The summed E-state index contributed by atoms with van der Waals surface area (Å²) in [6.45, 7) is 10.1. The first-order valence-electron chi connectivity index (χ1n) is 14.0. The number of carbonyl (C=O) groups is 2. The lowest BCUT2D eigenvalue weighted by molar-refractivity contribution is 0.0411. The van der Waals surface area contributed by atoms with Gasteiger partial charge in [-0.1, -0.05) is 0 Å². The molecular formula is C32H37ClN4O6. The first kappa shape index (κ1) is 31.5. The molecule has 1 aliphatic heterocycles. The molecule has 1 heterocycles. The van der Waals surface area contributed by atoms with E-state index < -0.39 is 17.5 Å². The molecule has 43 heavy (non-hydrogen) atoms. The van der Waals surface area contributed by atoms with Crippen molar-refractivity contribution in [2.45, 2.75) is 59.5 Å². The van der Waals surface area contributed by atoms with Crippen LogP contribution in [-0.4, -0.2) is 41.8 Å². The van der Waals surface area contributed by atoms with Crippen molar-refractivity contribution in [1.29, 1.82) is 0 Å². The van der Waals surface area contributed by atoms with E-state index in [4.69, 9.17) is 37.5 Å². The number of aromatic hydroxyl groups is 1. The van der Waals surface area contributed by atoms with Gasteiger partial charge in [-0.3, -0.25) is 4.79 Å². The Hall–Kier alpha value is -4.44. The Morgan fingerprint density at radius 1 is 1.07 bits per heavy atom. The van der Waals surface area contributed by atoms with Crippen molar-refractivity contribution in [1.82, 2.24) is 0 Å². The van der Waals surface area contributed by atoms with Crippen molar-refractivity contribution in [2.24, 2.45) is 16.5 Å². The molecule has 1 amide bonds. The average Bonchev–Trinajstić information content (AvgIpc) is 2.98. The van der Waals surface area contributed by atoms with Crippen LogP contribution in [0.1, 0.15) is 69.7 Å². The summed E-state index contributed by atoms with van der Waals surface area (Å²) in [6, 6.07) is 11.0. The number of esters is 1. The Morgan fingerprint density at radius 2 is 1.74 bits per heavy atom. The molecule has 3 aromatic carbocycles. The van der Waals surface area contributed by atoms with Crippen LogP contribution in [0.25, 0.3) is 0 Å². The zero-order valence-corrected chi connectivity index (χ0v) is 25.7. The van der Waals surface area contributed by atoms with Gasteiger partial charge >= 0.3 is 5.97 Å². The van der Waals surface area contributed by atoms with E-state index in [0.717, 1.165) is 45.3 Å². The second-order valence-corrected chi connectivity index (χ2v) is 11.1. The molecule has 0 spiro atoms. The van der Waals surface area contributed by atoms with Gasteiger partial charge in [0, 0.05) is 29.3 Å². The van der Waals surface area contributed by atoms with Gasteiger partial charge in [-0.25, -0.2) is 14.2 Å². The lowest BCUT2D eigenvalue weighted by atomic mass is 9.86. The van der Waals surface area contributed by atoms with Gasteiger partial charge in [-0.15, -0.1) is 0 Å². The first-order valence-corrected chi connectivity index (χ1v) is 14.3. The number of aliphatic imine (C=N–C) groups is 1. The number of nitrogens with zero attached hydrogens (tertiary/aromatic N) is 2. The van der Waals surface area contributed by atoms with Crippen LogP contribution < -0.4 is 25.4 Å². The number of anilines is 1. The highest BCUT2D eigenvalue weighted by Gasteiger charge is 2.34. The quantitative estimate of drug-likeness (QED) is 0.120. The number of amides is 1. The van der Waals surface area contributed by atoms with Crippen molar-refractivity contribution < 1.29 is 28.9 Å². The molecule has 3 aromatic rings. The SMILES string of the molecule is CCOC(=O)c1cc(N=C(N)N)cc(C(=O)N(Cl)c2ccc(OCCC3(C)CCc4c(C)c(O)c(C)c(C)c4O3)cc2)c1. The predicted octanol–water partition coefficient (Wildman–Crippen LogP) is 5.75. The fraction of sp³-hybridized carbons (Fsp3) is 0.344. The number of hydrogen-bond donors (Lipinski definition) is 3. The lowest BCUT2D eigenvalue weighted by Gasteiger charge is -2.38. The molecule has 1 aliphatic rings. The van der Waals surface area contributed by atoms with Crippen molar-refractivity contribution >= 4 is 41.0 Å². The van der Waals surface area contributed by atoms with Crippen LogP contribution in [0.2, 0.25) is 0 Å². The topological polar surface area (TPSA) is 150 Å². The van der Waals surface area contributed by atoms with Gasteiger partial charge < -0.3 is 30.8 Å². The number of benzene rings is 3. The summed E-state index contributed by atoms with van der Waals surface area (Å²) in [5.74, 6) is 0.359. The number of rotatable bonds is 9. The van der Waals surface area contributed by atoms with E-state index in [1.807, 2.05) is 20.8 Å². The minimum atomic E-state index is -0.622. The molecule has 0 fully saturated rings. The van der Waals surface area contributed by atoms with Crippen LogP contribution in [0, 0.1) is 20.8 Å². The second-order valence-electron chi connectivity index (χ2n) is 10.8. The number of fused-ring (bicyclic) bond motifs is 1. The number of guanidine groups is 1. The van der Waals surface area contributed by atoms with Gasteiger partial charge in [-0.05, 0) is 107 Å². The third-order valence-electron chi connectivity index (χ3n) is 7.67. The van der Waals surface area contributed by atoms with Crippen LogP contribution in [0.4, 0.5) is 11.4 Å². The Morgan fingerprint density at radius 3 is 2.40 bits per heavy atom. The highest BCUT2D eigenvalue weighted by atomic mass is 35.5. The molecule has 0 radical (unpaired) electrons. The minimum Gasteiger partial charge on any atom is -0.507 e. The fourth-order valence-corrected chi connectivity index (χ4v) is 5.25. The Bertz CT molecular complexity index is 1570. The van der Waals surface area contributed by atoms with Gasteiger partial charge in [0.15, 0.2) is 5.96 Å². The molecule has 0 bridgehead atoms. The Kier molecular flexibility index (Phi) is 9.40. The standard InChI is InChI=1S/C32H37ClN4O6/c1-6-41-30(40)22-15-21(16-23(17-22)36-31(34)35)29(39)37(33)24-7-9-25(10-8-24)42-14-13-32(5)12-11-26-20(4)27(38)18(2)19(3)28(26)43-32/h7-10,15-17,38H,6,11-14H2,1-5H3,(H4,34,35,36). The summed E-state index contributed by atoms with van der Waals surface area (Å²) in [4.78, 5) is 29.5. The lowest BCUT2D eigenvalue weighted by Crippen LogP contribution is -2.38. The van der Waals surface area contributed by atoms with E-state index in [2.05, 4.69) is 11.9 Å². The summed E-state index contributed by atoms with van der Waals surface area (Å²) < 4.78 is 18.5. The minimum absolute atomic E-state index is 0.0963. The molecule has 0 aromatic heterocycles. The van der Waals surface area contributed by atoms with Gasteiger partial charge in [0.1, 0.15) is 22.8 Å². The molecule has 0 aliphatic carbocycles. The van der Waals surface area contributed by atoms with E-state index >= 15 is 0 Å². The molecule has 4 rings (SSSR count). The largest absolute Gasteiger partial charge is 0.507 e. The number of phenols is 1. The molecule has 228 valence electrons. The highest BCUT2D eigenvalue weighted by Crippen LogP contribution is 2.44. The fourth-order valence-electron chi connectivity index (χ4n) is 5.04. The zero-order chi connectivity index (χ0) is 31.5. The maximum Gasteiger partial charge on any atom is 0.338 e. The van der Waals surface area contributed by atoms with E-state index in [1.54, 1.807) is 31.2 Å². The van der Waals surface area contributed by atoms with Gasteiger partial charge in [0.25, 0.3) is 5.91 Å². The van der Waals surface area contributed by atoms with Crippen LogP contribution >= 0.6 is 11.8 Å². The third kappa shape index (κ3) is 6.97. The zero-order valence-electron chi connectivity index (χ0n) is 25.0. The van der Waals surface area contributed by atoms with Gasteiger partial charge in [0.2, 0.25) is 0 Å². The summed E-state index contributed by atoms with van der Waals surface area (Å²) in [7, 11) is 0. The van der Waals surface area contributed by atoms with Gasteiger partial charge in [0.05, 0.1) is 30.2 Å². The number of halogens is 1. The van der Waals surface area contributed by atoms with E-state index in [0.29, 0.717) is 30.2 Å². The molecule has 10 nitrogen and oxygen atoms in total. The van der Waals surface area contributed by atoms with E-state index in [1.165, 1.54) is 18.2 Å². The Balaban J connectivity index is 1.42. The van der Waals surface area contributed by atoms with E-state index in [9.17, 15) is 14.7 Å².